The Kier molecular flexibility index (Phi) is 20.2. The Morgan fingerprint density at radius 3 is 1.71 bits per heavy atom. The molecule has 42 heavy (non-hydrogen) atoms. The standard InChI is InChI=1S/C35H52N2O5/c1-2-3-4-5-6-7-8-9-10-11-12-13-14-15-16-23-28-40-29-33(42-35(39)37-32-26-21-18-22-27-32)30-41-34(38)36-31-24-19-17-20-25-31/h9-10,17-22,24-27,33H,2-8,11-16,23,28-30H2,1H3,(H,36,38)(H,37,39)/b10-9+/t33-/m1/s1. The monoisotopic (exact) mass is 580 g/mol. The van der Waals surface area contributed by atoms with E-state index in [1.54, 1.807) is 24.3 Å². The zero-order valence-corrected chi connectivity index (χ0v) is 25.6. The van der Waals surface area contributed by atoms with E-state index in [0.29, 0.717) is 18.0 Å². The summed E-state index contributed by atoms with van der Waals surface area (Å²) >= 11 is 0. The molecule has 0 aliphatic rings. The minimum atomic E-state index is -0.732. The van der Waals surface area contributed by atoms with Crippen molar-refractivity contribution >= 4 is 23.6 Å². The Hall–Kier alpha value is -3.32. The summed E-state index contributed by atoms with van der Waals surface area (Å²) < 4.78 is 16.6. The largest absolute Gasteiger partial charge is 0.445 e. The second kappa shape index (κ2) is 24.3. The van der Waals surface area contributed by atoms with Crippen molar-refractivity contribution in [2.45, 2.75) is 103 Å². The van der Waals surface area contributed by atoms with Crippen LogP contribution >= 0.6 is 0 Å². The molecule has 7 heteroatoms. The Balaban J connectivity index is 1.56. The molecule has 2 N–H and O–H groups in total. The van der Waals surface area contributed by atoms with Gasteiger partial charge >= 0.3 is 12.2 Å². The highest BCUT2D eigenvalue weighted by Crippen LogP contribution is 2.11. The smallest absolute Gasteiger partial charge is 0.412 e. The molecule has 0 aliphatic heterocycles. The number of benzene rings is 2. The quantitative estimate of drug-likeness (QED) is 0.101. The molecule has 232 valence electrons. The molecular formula is C35H52N2O5. The molecule has 0 radical (unpaired) electrons. The van der Waals surface area contributed by atoms with Crippen LogP contribution in [0.2, 0.25) is 0 Å². The maximum atomic E-state index is 12.4. The van der Waals surface area contributed by atoms with E-state index in [9.17, 15) is 9.59 Å². The number of ether oxygens (including phenoxy) is 3. The fraction of sp³-hybridized carbons (Fsp3) is 0.543. The van der Waals surface area contributed by atoms with Crippen molar-refractivity contribution in [2.75, 3.05) is 30.5 Å². The molecule has 2 rings (SSSR count). The molecule has 1 atom stereocenters. The highest BCUT2D eigenvalue weighted by atomic mass is 16.6. The number of allylic oxidation sites excluding steroid dienone is 2. The van der Waals surface area contributed by atoms with E-state index in [1.165, 1.54) is 77.0 Å². The first kappa shape index (κ1) is 34.9. The van der Waals surface area contributed by atoms with Gasteiger partial charge in [-0.1, -0.05) is 113 Å². The van der Waals surface area contributed by atoms with Gasteiger partial charge in [0, 0.05) is 18.0 Å². The maximum Gasteiger partial charge on any atom is 0.412 e. The van der Waals surface area contributed by atoms with Crippen LogP contribution in [-0.2, 0) is 14.2 Å². The zero-order chi connectivity index (χ0) is 29.9. The summed E-state index contributed by atoms with van der Waals surface area (Å²) in [5.74, 6) is 0. The molecular weight excluding hydrogens is 528 g/mol. The number of carbonyl (C=O) groups is 2. The summed E-state index contributed by atoms with van der Waals surface area (Å²) in [6, 6.07) is 18.1. The van der Waals surface area contributed by atoms with Crippen LogP contribution < -0.4 is 10.6 Å². The van der Waals surface area contributed by atoms with Crippen molar-refractivity contribution in [3.63, 3.8) is 0 Å². The minimum Gasteiger partial charge on any atom is -0.445 e. The van der Waals surface area contributed by atoms with Crippen LogP contribution in [0.15, 0.2) is 72.8 Å². The molecule has 2 amide bonds. The van der Waals surface area contributed by atoms with E-state index in [4.69, 9.17) is 14.2 Å². The number of anilines is 2. The summed E-state index contributed by atoms with van der Waals surface area (Å²) in [6.45, 7) is 2.86. The number of unbranched alkanes of at least 4 members (excludes halogenated alkanes) is 12. The molecule has 0 bridgehead atoms. The van der Waals surface area contributed by atoms with Crippen molar-refractivity contribution < 1.29 is 23.8 Å². The molecule has 0 aromatic heterocycles. The minimum absolute atomic E-state index is 0.117. The summed E-state index contributed by atoms with van der Waals surface area (Å²) in [5.41, 5.74) is 1.24. The molecule has 7 nitrogen and oxygen atoms in total. The summed E-state index contributed by atoms with van der Waals surface area (Å²) in [4.78, 5) is 24.6. The molecule has 0 spiro atoms. The van der Waals surface area contributed by atoms with E-state index in [-0.39, 0.29) is 13.2 Å². The first-order valence-corrected chi connectivity index (χ1v) is 15.9. The number of hydrogen-bond donors (Lipinski definition) is 2. The molecule has 0 saturated carbocycles. The summed E-state index contributed by atoms with van der Waals surface area (Å²) in [6.07, 6.45) is 20.3. The predicted molar refractivity (Wildman–Crippen MR) is 172 cm³/mol. The van der Waals surface area contributed by atoms with Gasteiger partial charge in [0.15, 0.2) is 6.10 Å². The van der Waals surface area contributed by atoms with Crippen LogP contribution in [0.3, 0.4) is 0 Å². The van der Waals surface area contributed by atoms with Gasteiger partial charge in [-0.25, -0.2) is 9.59 Å². The number of para-hydroxylation sites is 2. The van der Waals surface area contributed by atoms with Crippen molar-refractivity contribution in [1.82, 2.24) is 0 Å². The number of nitrogens with one attached hydrogen (secondary N) is 2. The second-order valence-electron chi connectivity index (χ2n) is 10.6. The highest BCUT2D eigenvalue weighted by molar-refractivity contribution is 5.85. The Bertz CT molecular complexity index is 968. The lowest BCUT2D eigenvalue weighted by molar-refractivity contribution is -0.00628. The number of rotatable bonds is 23. The van der Waals surface area contributed by atoms with Crippen LogP contribution in [0.5, 0.6) is 0 Å². The van der Waals surface area contributed by atoms with Crippen molar-refractivity contribution in [3.8, 4) is 0 Å². The lowest BCUT2D eigenvalue weighted by atomic mass is 10.1. The van der Waals surface area contributed by atoms with Gasteiger partial charge in [0.2, 0.25) is 0 Å². The number of amides is 2. The van der Waals surface area contributed by atoms with Gasteiger partial charge in [-0.05, 0) is 56.4 Å². The average molecular weight is 581 g/mol. The predicted octanol–water partition coefficient (Wildman–Crippen LogP) is 9.91. The molecule has 0 fully saturated rings. The van der Waals surface area contributed by atoms with E-state index in [0.717, 1.165) is 12.8 Å². The molecule has 0 saturated heterocycles. The third-order valence-electron chi connectivity index (χ3n) is 6.82. The third-order valence-corrected chi connectivity index (χ3v) is 6.82. The van der Waals surface area contributed by atoms with Crippen molar-refractivity contribution in [2.24, 2.45) is 0 Å². The van der Waals surface area contributed by atoms with Crippen LogP contribution in [0.25, 0.3) is 0 Å². The van der Waals surface area contributed by atoms with Crippen LogP contribution in [0, 0.1) is 0 Å². The molecule has 0 unspecified atom stereocenters. The van der Waals surface area contributed by atoms with Gasteiger partial charge in [-0.3, -0.25) is 10.6 Å². The molecule has 0 heterocycles. The number of carbonyl (C=O) groups excluding carboxylic acids is 2. The van der Waals surface area contributed by atoms with Gasteiger partial charge in [0.1, 0.15) is 6.61 Å². The first-order chi connectivity index (χ1) is 20.7. The molecule has 2 aromatic rings. The van der Waals surface area contributed by atoms with Crippen molar-refractivity contribution in [3.05, 3.63) is 72.8 Å². The average Bonchev–Trinajstić information content (AvgIpc) is 3.00. The van der Waals surface area contributed by atoms with E-state index >= 15 is 0 Å². The van der Waals surface area contributed by atoms with Crippen LogP contribution in [-0.4, -0.2) is 38.1 Å². The maximum absolute atomic E-state index is 12.4. The first-order valence-electron chi connectivity index (χ1n) is 15.9. The van der Waals surface area contributed by atoms with Gasteiger partial charge in [-0.2, -0.15) is 0 Å². The zero-order valence-electron chi connectivity index (χ0n) is 25.6. The van der Waals surface area contributed by atoms with Gasteiger partial charge in [-0.15, -0.1) is 0 Å². The van der Waals surface area contributed by atoms with E-state index in [2.05, 4.69) is 29.7 Å². The van der Waals surface area contributed by atoms with Gasteiger partial charge in [0.25, 0.3) is 0 Å². The lowest BCUT2D eigenvalue weighted by Gasteiger charge is -2.19. The highest BCUT2D eigenvalue weighted by Gasteiger charge is 2.18. The van der Waals surface area contributed by atoms with Gasteiger partial charge in [0.05, 0.1) is 6.61 Å². The van der Waals surface area contributed by atoms with E-state index in [1.807, 2.05) is 36.4 Å². The van der Waals surface area contributed by atoms with Gasteiger partial charge < -0.3 is 14.2 Å². The molecule has 2 aromatic carbocycles. The Morgan fingerprint density at radius 2 is 1.14 bits per heavy atom. The Morgan fingerprint density at radius 1 is 0.643 bits per heavy atom. The van der Waals surface area contributed by atoms with Crippen LogP contribution in [0.1, 0.15) is 96.8 Å². The van der Waals surface area contributed by atoms with E-state index < -0.39 is 18.3 Å². The Labute approximate surface area is 253 Å². The second-order valence-corrected chi connectivity index (χ2v) is 10.6. The fourth-order valence-electron chi connectivity index (χ4n) is 4.45. The summed E-state index contributed by atoms with van der Waals surface area (Å²) in [5, 5.41) is 5.34. The van der Waals surface area contributed by atoms with Crippen LogP contribution in [0.4, 0.5) is 21.0 Å². The summed E-state index contributed by atoms with van der Waals surface area (Å²) in [7, 11) is 0. The number of hydrogen-bond acceptors (Lipinski definition) is 5. The SMILES string of the molecule is CCCCCCCC/C=C/CCCCCCCCOC[C@H](COC(=O)Nc1ccccc1)OC(=O)Nc1ccccc1. The fourth-order valence-corrected chi connectivity index (χ4v) is 4.45. The topological polar surface area (TPSA) is 85.9 Å². The normalized spacial score (nSPS) is 11.7. The van der Waals surface area contributed by atoms with Crippen molar-refractivity contribution in [1.29, 1.82) is 0 Å². The molecule has 0 aliphatic carbocycles. The lowest BCUT2D eigenvalue weighted by Crippen LogP contribution is -2.32. The third kappa shape index (κ3) is 18.9.